The lowest BCUT2D eigenvalue weighted by molar-refractivity contribution is 1.12. The van der Waals surface area contributed by atoms with E-state index in [1.165, 1.54) is 6.33 Å². The van der Waals surface area contributed by atoms with Gasteiger partial charge in [-0.15, -0.1) is 0 Å². The summed E-state index contributed by atoms with van der Waals surface area (Å²) >= 11 is 11.9. The fourth-order valence-electron chi connectivity index (χ4n) is 1.52. The molecule has 0 amide bonds. The molecular weight excluding hydrogens is 285 g/mol. The van der Waals surface area contributed by atoms with Crippen molar-refractivity contribution in [1.29, 1.82) is 0 Å². The van der Waals surface area contributed by atoms with Crippen LogP contribution in [0.5, 0.6) is 0 Å². The molecule has 100 valence electrons. The number of hydrogen-bond donors (Lipinski definition) is 3. The molecule has 0 fully saturated rings. The first-order chi connectivity index (χ1) is 9.11. The van der Waals surface area contributed by atoms with Crippen molar-refractivity contribution in [2.45, 2.75) is 6.92 Å². The van der Waals surface area contributed by atoms with E-state index in [2.05, 4.69) is 20.6 Å². The van der Waals surface area contributed by atoms with Crippen LogP contribution in [0.4, 0.5) is 23.0 Å². The predicted molar refractivity (Wildman–Crippen MR) is 80.4 cm³/mol. The summed E-state index contributed by atoms with van der Waals surface area (Å²) in [5, 5.41) is 7.18. The standard InChI is InChI=1S/C12H13Cl2N5/c1-2-16-11-10(15)12(18-6-17-11)19-9-4-3-7(13)5-8(9)14/h3-6H,2,15H2,1H3,(H2,16,17,18,19). The van der Waals surface area contributed by atoms with Crippen molar-refractivity contribution in [1.82, 2.24) is 9.97 Å². The summed E-state index contributed by atoms with van der Waals surface area (Å²) in [5.41, 5.74) is 7.10. The van der Waals surface area contributed by atoms with Gasteiger partial charge in [0.15, 0.2) is 11.6 Å². The summed E-state index contributed by atoms with van der Waals surface area (Å²) in [4.78, 5) is 8.17. The summed E-state index contributed by atoms with van der Waals surface area (Å²) in [5.74, 6) is 1.08. The SMILES string of the molecule is CCNc1ncnc(Nc2ccc(Cl)cc2Cl)c1N. The minimum atomic E-state index is 0.440. The van der Waals surface area contributed by atoms with Crippen molar-refractivity contribution in [2.75, 3.05) is 22.9 Å². The first-order valence-electron chi connectivity index (χ1n) is 5.68. The van der Waals surface area contributed by atoms with E-state index in [9.17, 15) is 0 Å². The predicted octanol–water partition coefficient (Wildman–Crippen LogP) is 3.54. The van der Waals surface area contributed by atoms with Crippen LogP contribution < -0.4 is 16.4 Å². The molecule has 1 aromatic carbocycles. The first kappa shape index (κ1) is 13.7. The molecule has 0 saturated heterocycles. The minimum absolute atomic E-state index is 0.440. The lowest BCUT2D eigenvalue weighted by Crippen LogP contribution is -2.07. The third-order valence-corrected chi connectivity index (χ3v) is 2.96. The average molecular weight is 298 g/mol. The highest BCUT2D eigenvalue weighted by molar-refractivity contribution is 6.36. The molecule has 0 atom stereocenters. The molecule has 0 radical (unpaired) electrons. The Morgan fingerprint density at radius 1 is 1.21 bits per heavy atom. The fraction of sp³-hybridized carbons (Fsp3) is 0.167. The number of aromatic nitrogens is 2. The highest BCUT2D eigenvalue weighted by atomic mass is 35.5. The Morgan fingerprint density at radius 2 is 1.95 bits per heavy atom. The Balaban J connectivity index is 2.30. The molecule has 0 spiro atoms. The lowest BCUT2D eigenvalue weighted by Gasteiger charge is -2.12. The van der Waals surface area contributed by atoms with E-state index in [-0.39, 0.29) is 0 Å². The topological polar surface area (TPSA) is 75.9 Å². The average Bonchev–Trinajstić information content (AvgIpc) is 2.37. The van der Waals surface area contributed by atoms with Crippen molar-refractivity contribution in [3.8, 4) is 0 Å². The van der Waals surface area contributed by atoms with Gasteiger partial charge in [0.2, 0.25) is 0 Å². The van der Waals surface area contributed by atoms with Gasteiger partial charge < -0.3 is 16.4 Å². The Morgan fingerprint density at radius 3 is 2.63 bits per heavy atom. The molecule has 0 aliphatic heterocycles. The van der Waals surface area contributed by atoms with E-state index in [0.717, 1.165) is 6.54 Å². The largest absolute Gasteiger partial charge is 0.393 e. The fourth-order valence-corrected chi connectivity index (χ4v) is 1.98. The van der Waals surface area contributed by atoms with Crippen LogP contribution >= 0.6 is 23.2 Å². The van der Waals surface area contributed by atoms with Gasteiger partial charge in [0.25, 0.3) is 0 Å². The Kier molecular flexibility index (Phi) is 4.29. The number of nitrogen functional groups attached to an aromatic ring is 1. The molecule has 5 nitrogen and oxygen atoms in total. The van der Waals surface area contributed by atoms with Gasteiger partial charge in [-0.1, -0.05) is 23.2 Å². The second kappa shape index (κ2) is 5.95. The number of halogens is 2. The summed E-state index contributed by atoms with van der Waals surface area (Å²) in [6, 6.07) is 5.14. The molecule has 1 aromatic heterocycles. The number of nitrogens with two attached hydrogens (primary N) is 1. The lowest BCUT2D eigenvalue weighted by atomic mass is 10.3. The monoisotopic (exact) mass is 297 g/mol. The third kappa shape index (κ3) is 3.19. The second-order valence-electron chi connectivity index (χ2n) is 3.76. The molecule has 1 heterocycles. The zero-order valence-corrected chi connectivity index (χ0v) is 11.8. The van der Waals surface area contributed by atoms with E-state index in [4.69, 9.17) is 28.9 Å². The van der Waals surface area contributed by atoms with Gasteiger partial charge in [-0.3, -0.25) is 0 Å². The Hall–Kier alpha value is -1.72. The van der Waals surface area contributed by atoms with Gasteiger partial charge in [-0.05, 0) is 25.1 Å². The van der Waals surface area contributed by atoms with Gasteiger partial charge >= 0.3 is 0 Å². The number of rotatable bonds is 4. The summed E-state index contributed by atoms with van der Waals surface area (Å²) in [6.07, 6.45) is 1.43. The van der Waals surface area contributed by atoms with Crippen molar-refractivity contribution < 1.29 is 0 Å². The molecule has 19 heavy (non-hydrogen) atoms. The van der Waals surface area contributed by atoms with Gasteiger partial charge in [0.05, 0.1) is 10.7 Å². The molecule has 2 aromatic rings. The van der Waals surface area contributed by atoms with Crippen LogP contribution in [0, 0.1) is 0 Å². The van der Waals surface area contributed by atoms with Gasteiger partial charge in [0.1, 0.15) is 12.0 Å². The number of nitrogens with zero attached hydrogens (tertiary/aromatic N) is 2. The molecule has 0 aliphatic carbocycles. The van der Waals surface area contributed by atoms with Gasteiger partial charge in [0, 0.05) is 11.6 Å². The maximum absolute atomic E-state index is 6.09. The van der Waals surface area contributed by atoms with Crippen LogP contribution in [0.2, 0.25) is 10.0 Å². The highest BCUT2D eigenvalue weighted by Crippen LogP contribution is 2.31. The van der Waals surface area contributed by atoms with Crippen molar-refractivity contribution in [3.05, 3.63) is 34.6 Å². The van der Waals surface area contributed by atoms with Gasteiger partial charge in [-0.2, -0.15) is 0 Å². The van der Waals surface area contributed by atoms with E-state index < -0.39 is 0 Å². The first-order valence-corrected chi connectivity index (χ1v) is 6.43. The highest BCUT2D eigenvalue weighted by Gasteiger charge is 2.09. The number of benzene rings is 1. The summed E-state index contributed by atoms with van der Waals surface area (Å²) in [6.45, 7) is 2.69. The molecule has 0 bridgehead atoms. The maximum atomic E-state index is 6.09. The molecule has 0 saturated carbocycles. The molecule has 0 aliphatic rings. The maximum Gasteiger partial charge on any atom is 0.159 e. The van der Waals surface area contributed by atoms with Crippen LogP contribution in [0.3, 0.4) is 0 Å². The molecule has 7 heteroatoms. The van der Waals surface area contributed by atoms with Gasteiger partial charge in [-0.25, -0.2) is 9.97 Å². The number of nitrogens with one attached hydrogen (secondary N) is 2. The van der Waals surface area contributed by atoms with Crippen LogP contribution in [0.25, 0.3) is 0 Å². The molecule has 2 rings (SSSR count). The summed E-state index contributed by atoms with van der Waals surface area (Å²) < 4.78 is 0. The molecular formula is C12H13Cl2N5. The molecule has 4 N–H and O–H groups in total. The van der Waals surface area contributed by atoms with E-state index in [1.54, 1.807) is 18.2 Å². The van der Waals surface area contributed by atoms with Crippen molar-refractivity contribution >= 4 is 46.2 Å². The third-order valence-electron chi connectivity index (χ3n) is 2.41. The number of hydrogen-bond acceptors (Lipinski definition) is 5. The van der Waals surface area contributed by atoms with E-state index in [0.29, 0.717) is 33.1 Å². The van der Waals surface area contributed by atoms with Crippen LogP contribution in [-0.4, -0.2) is 16.5 Å². The van der Waals surface area contributed by atoms with E-state index >= 15 is 0 Å². The van der Waals surface area contributed by atoms with Crippen molar-refractivity contribution in [2.24, 2.45) is 0 Å². The zero-order valence-electron chi connectivity index (χ0n) is 10.2. The van der Waals surface area contributed by atoms with Crippen LogP contribution in [0.1, 0.15) is 6.92 Å². The number of anilines is 4. The molecule has 0 unspecified atom stereocenters. The Bertz CT molecular complexity index is 588. The smallest absolute Gasteiger partial charge is 0.159 e. The Labute approximate surface area is 121 Å². The summed E-state index contributed by atoms with van der Waals surface area (Å²) in [7, 11) is 0. The van der Waals surface area contributed by atoms with E-state index in [1.807, 2.05) is 6.92 Å². The normalized spacial score (nSPS) is 10.3. The zero-order chi connectivity index (χ0) is 13.8. The minimum Gasteiger partial charge on any atom is -0.393 e. The second-order valence-corrected chi connectivity index (χ2v) is 4.61. The van der Waals surface area contributed by atoms with Crippen molar-refractivity contribution in [3.63, 3.8) is 0 Å². The van der Waals surface area contributed by atoms with Crippen LogP contribution in [0.15, 0.2) is 24.5 Å². The quantitative estimate of drug-likeness (QED) is 0.805. The van der Waals surface area contributed by atoms with Crippen LogP contribution in [-0.2, 0) is 0 Å².